The van der Waals surface area contributed by atoms with Crippen molar-refractivity contribution in [1.82, 2.24) is 19.4 Å². The van der Waals surface area contributed by atoms with E-state index in [-0.39, 0.29) is 5.82 Å². The van der Waals surface area contributed by atoms with Gasteiger partial charge in [-0.2, -0.15) is 5.10 Å². The van der Waals surface area contributed by atoms with Crippen LogP contribution in [0.4, 0.5) is 4.39 Å². The maximum Gasteiger partial charge on any atom is 0.251 e. The van der Waals surface area contributed by atoms with E-state index in [1.54, 1.807) is 12.1 Å². The molecule has 2 aliphatic heterocycles. The van der Waals surface area contributed by atoms with Gasteiger partial charge >= 0.3 is 0 Å². The minimum atomic E-state index is -0.527. The highest BCUT2D eigenvalue weighted by atomic mass is 32.2. The molecule has 5 rings (SSSR count). The Kier molecular flexibility index (Phi) is 6.66. The lowest BCUT2D eigenvalue weighted by Gasteiger charge is -2.31. The number of halogens is 1. The summed E-state index contributed by atoms with van der Waals surface area (Å²) in [4.78, 5) is 14.7. The molecule has 174 valence electrons. The fourth-order valence-corrected chi connectivity index (χ4v) is 6.12. The molecule has 0 bridgehead atoms. The molecule has 2 saturated heterocycles. The Labute approximate surface area is 197 Å². The summed E-state index contributed by atoms with van der Waals surface area (Å²) >= 11 is 1.96. The van der Waals surface area contributed by atoms with Crippen LogP contribution in [0.5, 0.6) is 0 Å². The number of primary amides is 1. The molecule has 33 heavy (non-hydrogen) atoms. The lowest BCUT2D eigenvalue weighted by Crippen LogP contribution is -2.30. The van der Waals surface area contributed by atoms with E-state index in [0.29, 0.717) is 17.0 Å². The van der Waals surface area contributed by atoms with Crippen LogP contribution >= 0.6 is 11.9 Å². The molecule has 0 unspecified atom stereocenters. The number of nitrogens with one attached hydrogen (secondary N) is 1. The highest BCUT2D eigenvalue weighted by Crippen LogP contribution is 2.36. The topological polar surface area (TPSA) is 78.3 Å². The highest BCUT2D eigenvalue weighted by molar-refractivity contribution is 7.97. The normalized spacial score (nSPS) is 18.3. The van der Waals surface area contributed by atoms with E-state index in [1.807, 2.05) is 24.1 Å². The van der Waals surface area contributed by atoms with Gasteiger partial charge < -0.3 is 10.6 Å². The Morgan fingerprint density at radius 2 is 1.91 bits per heavy atom. The third-order valence-electron chi connectivity index (χ3n) is 6.85. The number of benzene rings is 2. The van der Waals surface area contributed by atoms with Crippen LogP contribution in [0.1, 0.15) is 47.7 Å². The predicted octanol–water partition coefficient (Wildman–Crippen LogP) is 4.39. The summed E-state index contributed by atoms with van der Waals surface area (Å²) in [5.74, 6) is 0.654. The van der Waals surface area contributed by atoms with E-state index < -0.39 is 5.91 Å². The van der Waals surface area contributed by atoms with Gasteiger partial charge in [-0.3, -0.25) is 14.2 Å². The molecule has 0 radical (unpaired) electrons. The van der Waals surface area contributed by atoms with E-state index in [9.17, 15) is 9.18 Å². The zero-order chi connectivity index (χ0) is 22.8. The van der Waals surface area contributed by atoms with E-state index >= 15 is 0 Å². The second-order valence-corrected chi connectivity index (χ2v) is 10.2. The molecule has 0 spiro atoms. The summed E-state index contributed by atoms with van der Waals surface area (Å²) in [6.07, 6.45) is 4.74. The lowest BCUT2D eigenvalue weighted by molar-refractivity contribution is 0.100. The van der Waals surface area contributed by atoms with E-state index in [4.69, 9.17) is 5.73 Å². The Balaban J connectivity index is 1.33. The molecule has 3 N–H and O–H groups in total. The van der Waals surface area contributed by atoms with Crippen molar-refractivity contribution in [2.24, 2.45) is 5.73 Å². The average molecular weight is 468 g/mol. The summed E-state index contributed by atoms with van der Waals surface area (Å²) in [7, 11) is 0. The zero-order valence-corrected chi connectivity index (χ0v) is 19.5. The summed E-state index contributed by atoms with van der Waals surface area (Å²) in [6, 6.07) is 10.1. The first-order valence-electron chi connectivity index (χ1n) is 11.8. The summed E-state index contributed by atoms with van der Waals surface area (Å²) in [5, 5.41) is 8.56. The van der Waals surface area contributed by atoms with Crippen LogP contribution in [-0.2, 0) is 0 Å². The maximum atomic E-state index is 13.8. The molecule has 3 aromatic rings. The molecule has 2 aliphatic rings. The number of nitrogens with two attached hydrogens (primary N) is 1. The minimum Gasteiger partial charge on any atom is -0.366 e. The second-order valence-electron chi connectivity index (χ2n) is 9.02. The van der Waals surface area contributed by atoms with Gasteiger partial charge in [-0.15, -0.1) is 0 Å². The number of nitrogens with zero attached hydrogens (tertiary/aromatic N) is 3. The van der Waals surface area contributed by atoms with Crippen molar-refractivity contribution in [3.05, 3.63) is 53.5 Å². The summed E-state index contributed by atoms with van der Waals surface area (Å²) in [5.41, 5.74) is 9.18. The van der Waals surface area contributed by atoms with Gasteiger partial charge in [0.05, 0.1) is 5.56 Å². The van der Waals surface area contributed by atoms with Gasteiger partial charge in [0, 0.05) is 42.4 Å². The fourth-order valence-electron chi connectivity index (χ4n) is 5.05. The fraction of sp³-hybridized carbons (Fsp3) is 0.440. The predicted molar refractivity (Wildman–Crippen MR) is 132 cm³/mol. The van der Waals surface area contributed by atoms with Gasteiger partial charge in [0.2, 0.25) is 0 Å². The molecule has 1 amide bonds. The van der Waals surface area contributed by atoms with Gasteiger partial charge in [-0.1, -0.05) is 24.1 Å². The first-order valence-corrected chi connectivity index (χ1v) is 12.7. The van der Waals surface area contributed by atoms with Crippen molar-refractivity contribution in [3.8, 4) is 11.1 Å². The standard InChI is InChI=1S/C25H30FN5OS/c26-20-5-3-4-18(14-20)19-15-21-23(28-29-24(21)22(16-19)25(27)32)17-6-10-31(11-7-17)33-13-12-30-8-1-2-9-30/h3-5,14-17H,1-2,6-13H2,(H2,27,32)(H,28,29). The molecule has 1 aromatic heterocycles. The van der Waals surface area contributed by atoms with Crippen LogP contribution in [-0.4, -0.2) is 63.8 Å². The molecule has 2 aromatic carbocycles. The van der Waals surface area contributed by atoms with Crippen molar-refractivity contribution in [2.75, 3.05) is 38.5 Å². The smallest absolute Gasteiger partial charge is 0.251 e. The molecular weight excluding hydrogens is 437 g/mol. The number of hydrogen-bond acceptors (Lipinski definition) is 5. The number of piperidine rings is 1. The first-order chi connectivity index (χ1) is 16.1. The van der Waals surface area contributed by atoms with Gasteiger partial charge in [-0.05, 0) is 74.2 Å². The number of carbonyl (C=O) groups is 1. The van der Waals surface area contributed by atoms with Crippen LogP contribution < -0.4 is 5.73 Å². The molecule has 3 heterocycles. The number of fused-ring (bicyclic) bond motifs is 1. The van der Waals surface area contributed by atoms with Crippen molar-refractivity contribution in [1.29, 1.82) is 0 Å². The molecule has 8 heteroatoms. The van der Waals surface area contributed by atoms with Crippen LogP contribution in [0, 0.1) is 5.82 Å². The first kappa shape index (κ1) is 22.4. The molecule has 6 nitrogen and oxygen atoms in total. The number of H-pyrrole nitrogens is 1. The number of amides is 1. The highest BCUT2D eigenvalue weighted by Gasteiger charge is 2.26. The van der Waals surface area contributed by atoms with Crippen LogP contribution in [0.15, 0.2) is 36.4 Å². The van der Waals surface area contributed by atoms with Crippen LogP contribution in [0.25, 0.3) is 22.0 Å². The van der Waals surface area contributed by atoms with E-state index in [2.05, 4.69) is 19.4 Å². The number of aromatic amines is 1. The Hall–Kier alpha value is -2.42. The summed E-state index contributed by atoms with van der Waals surface area (Å²) < 4.78 is 16.3. The second kappa shape index (κ2) is 9.83. The lowest BCUT2D eigenvalue weighted by atomic mass is 9.90. The minimum absolute atomic E-state index is 0.310. The zero-order valence-electron chi connectivity index (χ0n) is 18.7. The number of aromatic nitrogens is 2. The number of rotatable bonds is 7. The molecule has 0 atom stereocenters. The van der Waals surface area contributed by atoms with Crippen LogP contribution in [0.3, 0.4) is 0 Å². The molecular formula is C25H30FN5OS. The van der Waals surface area contributed by atoms with Gasteiger partial charge in [-0.25, -0.2) is 4.39 Å². The molecule has 0 saturated carbocycles. The van der Waals surface area contributed by atoms with E-state index in [1.165, 1.54) is 44.6 Å². The van der Waals surface area contributed by atoms with Crippen molar-refractivity contribution < 1.29 is 9.18 Å². The largest absolute Gasteiger partial charge is 0.366 e. The Bertz CT molecular complexity index is 1140. The molecule has 2 fully saturated rings. The third kappa shape index (κ3) is 4.93. The molecule has 0 aliphatic carbocycles. The Morgan fingerprint density at radius 3 is 2.64 bits per heavy atom. The SMILES string of the molecule is NC(=O)c1cc(-c2cccc(F)c2)cc2c(C3CCN(SCCN4CCCC4)CC3)[nH]nc12. The van der Waals surface area contributed by atoms with Gasteiger partial charge in [0.15, 0.2) is 0 Å². The van der Waals surface area contributed by atoms with Crippen LogP contribution in [0.2, 0.25) is 0 Å². The van der Waals surface area contributed by atoms with Gasteiger partial charge in [0.25, 0.3) is 5.91 Å². The number of hydrogen-bond donors (Lipinski definition) is 2. The summed E-state index contributed by atoms with van der Waals surface area (Å²) in [6.45, 7) is 5.74. The van der Waals surface area contributed by atoms with Crippen molar-refractivity contribution in [2.45, 2.75) is 31.6 Å². The van der Waals surface area contributed by atoms with Gasteiger partial charge in [0.1, 0.15) is 11.3 Å². The monoisotopic (exact) mass is 467 g/mol. The average Bonchev–Trinajstić information content (AvgIpc) is 3.49. The van der Waals surface area contributed by atoms with Crippen molar-refractivity contribution >= 4 is 28.8 Å². The Morgan fingerprint density at radius 1 is 1.12 bits per heavy atom. The van der Waals surface area contributed by atoms with E-state index in [0.717, 1.165) is 53.9 Å². The maximum absolute atomic E-state index is 13.8. The third-order valence-corrected chi connectivity index (χ3v) is 7.95. The van der Waals surface area contributed by atoms with Crippen molar-refractivity contribution in [3.63, 3.8) is 0 Å². The quantitative estimate of drug-likeness (QED) is 0.504. The number of carbonyl (C=O) groups excluding carboxylic acids is 1. The number of likely N-dealkylation sites (tertiary alicyclic amines) is 1.